The lowest BCUT2D eigenvalue weighted by molar-refractivity contribution is 0.0875. The number of thiophene rings is 1. The second-order valence-corrected chi connectivity index (χ2v) is 11.3. The molecule has 0 radical (unpaired) electrons. The van der Waals surface area contributed by atoms with Crippen LogP contribution in [0.25, 0.3) is 5.57 Å². The van der Waals surface area contributed by atoms with Crippen LogP contribution in [0.2, 0.25) is 0 Å². The van der Waals surface area contributed by atoms with Crippen LogP contribution in [-0.4, -0.2) is 38.1 Å². The van der Waals surface area contributed by atoms with Crippen molar-refractivity contribution in [2.24, 2.45) is 5.92 Å². The summed E-state index contributed by atoms with van der Waals surface area (Å²) in [5, 5.41) is 3.40. The minimum Gasteiger partial charge on any atom is -0.384 e. The van der Waals surface area contributed by atoms with Crippen LogP contribution >= 0.6 is 11.3 Å². The van der Waals surface area contributed by atoms with Crippen LogP contribution in [0.15, 0.2) is 64.0 Å². The predicted octanol–water partition coefficient (Wildman–Crippen LogP) is 4.70. The van der Waals surface area contributed by atoms with Gasteiger partial charge in [-0.1, -0.05) is 48.9 Å². The van der Waals surface area contributed by atoms with Crippen molar-refractivity contribution in [1.82, 2.24) is 9.62 Å². The highest BCUT2D eigenvalue weighted by Crippen LogP contribution is 2.34. The van der Waals surface area contributed by atoms with Gasteiger partial charge in [-0.05, 0) is 38.3 Å². The number of hydrogen-bond acceptors (Lipinski definition) is 5. The van der Waals surface area contributed by atoms with Gasteiger partial charge in [-0.15, -0.1) is 11.3 Å². The Hall–Kier alpha value is -2.22. The highest BCUT2D eigenvalue weighted by atomic mass is 32.2. The maximum absolute atomic E-state index is 13.2. The van der Waals surface area contributed by atoms with E-state index >= 15 is 0 Å². The predicted molar refractivity (Wildman–Crippen MR) is 126 cm³/mol. The molecule has 31 heavy (non-hydrogen) atoms. The molecule has 0 bridgehead atoms. The largest absolute Gasteiger partial charge is 0.384 e. The smallest absolute Gasteiger partial charge is 0.252 e. The van der Waals surface area contributed by atoms with Crippen LogP contribution in [0.5, 0.6) is 0 Å². The van der Waals surface area contributed by atoms with Gasteiger partial charge in [0, 0.05) is 47.3 Å². The number of allylic oxidation sites excluding steroid dienone is 3. The van der Waals surface area contributed by atoms with E-state index in [4.69, 9.17) is 0 Å². The summed E-state index contributed by atoms with van der Waals surface area (Å²) in [5.74, 6) is -0.00625. The van der Waals surface area contributed by atoms with Crippen molar-refractivity contribution >= 4 is 32.7 Å². The van der Waals surface area contributed by atoms with Gasteiger partial charge in [0.05, 0.1) is 0 Å². The zero-order valence-electron chi connectivity index (χ0n) is 17.9. The number of ketones is 1. The van der Waals surface area contributed by atoms with Crippen molar-refractivity contribution in [1.29, 1.82) is 0 Å². The van der Waals surface area contributed by atoms with E-state index in [1.165, 1.54) is 21.2 Å². The molecule has 1 aromatic heterocycles. The average molecular weight is 457 g/mol. The minimum absolute atomic E-state index is 0.113. The second kappa shape index (κ2) is 9.10. The molecule has 164 valence electrons. The lowest BCUT2D eigenvalue weighted by Crippen LogP contribution is -2.40. The molecular weight excluding hydrogens is 428 g/mol. The molecule has 4 rings (SSSR count). The van der Waals surface area contributed by atoms with Crippen molar-refractivity contribution in [3.05, 3.63) is 70.3 Å². The Morgan fingerprint density at radius 3 is 2.52 bits per heavy atom. The van der Waals surface area contributed by atoms with E-state index in [0.717, 1.165) is 29.1 Å². The number of piperidine rings is 1. The number of dihydropyridines is 1. The lowest BCUT2D eigenvalue weighted by Gasteiger charge is -2.30. The van der Waals surface area contributed by atoms with E-state index in [1.807, 2.05) is 43.3 Å². The maximum atomic E-state index is 13.2. The van der Waals surface area contributed by atoms with Crippen LogP contribution in [0.3, 0.4) is 0 Å². The molecule has 0 aliphatic carbocycles. The van der Waals surface area contributed by atoms with Gasteiger partial charge < -0.3 is 5.32 Å². The minimum atomic E-state index is -3.55. The third-order valence-corrected chi connectivity index (χ3v) is 9.60. The standard InChI is InChI=1S/C24H28N2O3S2/c1-3-18-15-21(17(2)25-16-18)22-9-10-23(30-22)31(28,29)26-13-11-20(12-14-26)24(27)19-7-5-4-6-8-19/h4-10,15,20,25H,3,11-14,16H2,1-2H3. The van der Waals surface area contributed by atoms with E-state index in [1.54, 1.807) is 6.07 Å². The van der Waals surface area contributed by atoms with Crippen molar-refractivity contribution in [2.45, 2.75) is 37.3 Å². The normalized spacial score (nSPS) is 18.6. The number of benzene rings is 1. The molecule has 1 saturated heterocycles. The SMILES string of the molecule is CCC1=CC(c2ccc(S(=O)(=O)N3CCC(C(=O)c4ccccc4)CC3)s2)=C(C)NC1. The number of Topliss-reactive ketones (excluding diaryl/α,β-unsaturated/α-hetero) is 1. The van der Waals surface area contributed by atoms with E-state index in [2.05, 4.69) is 18.3 Å². The van der Waals surface area contributed by atoms with Crippen LogP contribution in [-0.2, 0) is 10.0 Å². The van der Waals surface area contributed by atoms with Gasteiger partial charge >= 0.3 is 0 Å². The molecule has 2 aliphatic heterocycles. The van der Waals surface area contributed by atoms with Gasteiger partial charge in [0.1, 0.15) is 4.21 Å². The van der Waals surface area contributed by atoms with E-state index in [-0.39, 0.29) is 11.7 Å². The molecule has 1 aromatic carbocycles. The Balaban J connectivity index is 1.47. The molecule has 0 amide bonds. The summed E-state index contributed by atoms with van der Waals surface area (Å²) in [4.78, 5) is 13.7. The first-order valence-electron chi connectivity index (χ1n) is 10.7. The van der Waals surface area contributed by atoms with Crippen LogP contribution < -0.4 is 5.32 Å². The monoisotopic (exact) mass is 456 g/mol. The summed E-state index contributed by atoms with van der Waals surface area (Å²) < 4.78 is 28.4. The number of carbonyl (C=O) groups is 1. The molecule has 2 aliphatic rings. The van der Waals surface area contributed by atoms with Gasteiger partial charge in [0.25, 0.3) is 10.0 Å². The molecule has 0 unspecified atom stereocenters. The van der Waals surface area contributed by atoms with E-state index < -0.39 is 10.0 Å². The summed E-state index contributed by atoms with van der Waals surface area (Å²) in [6, 6.07) is 12.9. The first-order chi connectivity index (χ1) is 14.9. The Morgan fingerprint density at radius 2 is 1.84 bits per heavy atom. The molecule has 0 atom stereocenters. The van der Waals surface area contributed by atoms with Crippen molar-refractivity contribution in [2.75, 3.05) is 19.6 Å². The summed E-state index contributed by atoms with van der Waals surface area (Å²) in [6.07, 6.45) is 4.26. The Morgan fingerprint density at radius 1 is 1.13 bits per heavy atom. The fraction of sp³-hybridized carbons (Fsp3) is 0.375. The fourth-order valence-electron chi connectivity index (χ4n) is 4.11. The lowest BCUT2D eigenvalue weighted by atomic mass is 9.90. The zero-order chi connectivity index (χ0) is 22.0. The van der Waals surface area contributed by atoms with Gasteiger partial charge in [-0.2, -0.15) is 4.31 Å². The highest BCUT2D eigenvalue weighted by Gasteiger charge is 2.33. The third kappa shape index (κ3) is 4.54. The summed E-state index contributed by atoms with van der Waals surface area (Å²) in [5.41, 5.74) is 4.16. The fourth-order valence-corrected chi connectivity index (χ4v) is 7.12. The molecular formula is C24H28N2O3S2. The summed E-state index contributed by atoms with van der Waals surface area (Å²) in [6.45, 7) is 5.76. The maximum Gasteiger partial charge on any atom is 0.252 e. The van der Waals surface area contributed by atoms with Gasteiger partial charge in [-0.3, -0.25) is 4.79 Å². The average Bonchev–Trinajstić information content (AvgIpc) is 3.30. The number of carbonyl (C=O) groups excluding carboxylic acids is 1. The Labute approximate surface area is 188 Å². The number of rotatable bonds is 6. The van der Waals surface area contributed by atoms with Crippen molar-refractivity contribution < 1.29 is 13.2 Å². The zero-order valence-corrected chi connectivity index (χ0v) is 19.6. The highest BCUT2D eigenvalue weighted by molar-refractivity contribution is 7.91. The first kappa shape index (κ1) is 22.0. The van der Waals surface area contributed by atoms with Crippen molar-refractivity contribution in [3.8, 4) is 0 Å². The Bertz CT molecular complexity index is 1120. The molecule has 0 saturated carbocycles. The third-order valence-electron chi connectivity index (χ3n) is 6.11. The molecule has 1 N–H and O–H groups in total. The van der Waals surface area contributed by atoms with Crippen LogP contribution in [0.1, 0.15) is 48.3 Å². The molecule has 0 spiro atoms. The number of nitrogens with one attached hydrogen (secondary N) is 1. The van der Waals surface area contributed by atoms with Crippen molar-refractivity contribution in [3.63, 3.8) is 0 Å². The number of hydrogen-bond donors (Lipinski definition) is 1. The number of nitrogens with zero attached hydrogens (tertiary/aromatic N) is 1. The summed E-state index contributed by atoms with van der Waals surface area (Å²) >= 11 is 1.32. The molecule has 2 aromatic rings. The van der Waals surface area contributed by atoms with Gasteiger partial charge in [-0.25, -0.2) is 8.42 Å². The topological polar surface area (TPSA) is 66.5 Å². The van der Waals surface area contributed by atoms with E-state index in [9.17, 15) is 13.2 Å². The first-order valence-corrected chi connectivity index (χ1v) is 13.0. The van der Waals surface area contributed by atoms with Crippen LogP contribution in [0.4, 0.5) is 0 Å². The van der Waals surface area contributed by atoms with Gasteiger partial charge in [0.2, 0.25) is 0 Å². The Kier molecular flexibility index (Phi) is 6.46. The number of sulfonamides is 1. The molecule has 7 heteroatoms. The summed E-state index contributed by atoms with van der Waals surface area (Å²) in [7, 11) is -3.55. The van der Waals surface area contributed by atoms with Crippen LogP contribution in [0, 0.1) is 5.92 Å². The quantitative estimate of drug-likeness (QED) is 0.640. The molecule has 3 heterocycles. The second-order valence-electron chi connectivity index (χ2n) is 8.08. The van der Waals surface area contributed by atoms with E-state index in [0.29, 0.717) is 35.7 Å². The van der Waals surface area contributed by atoms with Gasteiger partial charge in [0.15, 0.2) is 5.78 Å². The molecule has 5 nitrogen and oxygen atoms in total. The molecule has 1 fully saturated rings.